The Morgan fingerprint density at radius 1 is 0.923 bits per heavy atom. The van der Waals surface area contributed by atoms with E-state index in [1.807, 2.05) is 36.4 Å². The van der Waals surface area contributed by atoms with Crippen molar-refractivity contribution in [2.24, 2.45) is 0 Å². The first-order valence-corrected chi connectivity index (χ1v) is 9.66. The zero-order valence-electron chi connectivity index (χ0n) is 13.8. The number of benzene rings is 2. The molecule has 0 radical (unpaired) electrons. The molecule has 2 aliphatic heterocycles. The van der Waals surface area contributed by atoms with Crippen LogP contribution in [0.4, 0.5) is 4.79 Å². The molecule has 0 bridgehead atoms. The van der Waals surface area contributed by atoms with Crippen molar-refractivity contribution in [2.75, 3.05) is 19.6 Å². The van der Waals surface area contributed by atoms with Crippen molar-refractivity contribution in [3.05, 3.63) is 54.6 Å². The predicted molar refractivity (Wildman–Crippen MR) is 94.7 cm³/mol. The van der Waals surface area contributed by atoms with Crippen molar-refractivity contribution in [3.63, 3.8) is 0 Å². The summed E-state index contributed by atoms with van der Waals surface area (Å²) in [4.78, 5) is 24.7. The monoisotopic (exact) mass is 371 g/mol. The molecule has 2 heterocycles. The Morgan fingerprint density at radius 3 is 2.27 bits per heavy atom. The number of nitrogens with one attached hydrogen (secondary N) is 1. The maximum Gasteiger partial charge on any atom is 0.324 e. The number of rotatable bonds is 4. The third-order valence-corrected chi connectivity index (χ3v) is 6.48. The molecular weight excluding hydrogens is 354 g/mol. The molecule has 0 atom stereocenters. The van der Waals surface area contributed by atoms with E-state index in [0.717, 1.165) is 16.0 Å². The van der Waals surface area contributed by atoms with E-state index in [0.29, 0.717) is 0 Å². The van der Waals surface area contributed by atoms with Gasteiger partial charge in [0.25, 0.3) is 0 Å². The van der Waals surface area contributed by atoms with E-state index in [1.54, 1.807) is 18.2 Å². The average molecular weight is 371 g/mol. The second-order valence-electron chi connectivity index (χ2n) is 6.29. The summed E-state index contributed by atoms with van der Waals surface area (Å²) in [5.41, 5.74) is 1.75. The van der Waals surface area contributed by atoms with Crippen LogP contribution in [0.15, 0.2) is 59.5 Å². The number of carbonyl (C=O) groups is 2. The van der Waals surface area contributed by atoms with Crippen molar-refractivity contribution >= 4 is 22.0 Å². The smallest absolute Gasteiger partial charge is 0.324 e. The highest BCUT2D eigenvalue weighted by atomic mass is 32.2. The number of imide groups is 1. The Morgan fingerprint density at radius 2 is 1.62 bits per heavy atom. The molecule has 0 aromatic heterocycles. The molecule has 0 saturated carbocycles. The van der Waals surface area contributed by atoms with Gasteiger partial charge in [-0.1, -0.05) is 42.5 Å². The van der Waals surface area contributed by atoms with Crippen LogP contribution in [0.5, 0.6) is 0 Å². The molecule has 0 aliphatic carbocycles. The lowest BCUT2D eigenvalue weighted by Gasteiger charge is -2.41. The van der Waals surface area contributed by atoms with Crippen molar-refractivity contribution in [1.82, 2.24) is 14.5 Å². The highest BCUT2D eigenvalue weighted by Gasteiger charge is 2.45. The zero-order valence-corrected chi connectivity index (χ0v) is 14.6. The maximum atomic E-state index is 12.8. The molecule has 2 aromatic rings. The van der Waals surface area contributed by atoms with Gasteiger partial charge in [0.2, 0.25) is 15.9 Å². The van der Waals surface area contributed by atoms with Gasteiger partial charge < -0.3 is 5.32 Å². The molecule has 2 aromatic carbocycles. The Labute approximate surface area is 151 Å². The molecule has 1 N–H and O–H groups in total. The molecule has 7 nitrogen and oxygen atoms in total. The van der Waals surface area contributed by atoms with Gasteiger partial charge in [-0.3, -0.25) is 9.69 Å². The minimum absolute atomic E-state index is 0.0266. The number of urea groups is 1. The topological polar surface area (TPSA) is 86.8 Å². The third-order valence-electron chi connectivity index (χ3n) is 4.65. The summed E-state index contributed by atoms with van der Waals surface area (Å²) >= 11 is 0. The quantitative estimate of drug-likeness (QED) is 0.820. The number of amides is 3. The third kappa shape index (κ3) is 2.77. The van der Waals surface area contributed by atoms with Crippen LogP contribution in [0.3, 0.4) is 0 Å². The first-order chi connectivity index (χ1) is 12.5. The predicted octanol–water partition coefficient (Wildman–Crippen LogP) is 1.28. The maximum absolute atomic E-state index is 12.8. The van der Waals surface area contributed by atoms with E-state index in [9.17, 15) is 18.0 Å². The average Bonchev–Trinajstić information content (AvgIpc) is 2.94. The minimum Gasteiger partial charge on any atom is -0.329 e. The van der Waals surface area contributed by atoms with Crippen LogP contribution >= 0.6 is 0 Å². The second kappa shape index (κ2) is 6.22. The van der Waals surface area contributed by atoms with Gasteiger partial charge in [0.1, 0.15) is 0 Å². The molecule has 4 rings (SSSR count). The summed E-state index contributed by atoms with van der Waals surface area (Å²) in [5, 5.41) is 2.45. The van der Waals surface area contributed by atoms with E-state index in [-0.39, 0.29) is 30.4 Å². The molecule has 2 fully saturated rings. The summed E-state index contributed by atoms with van der Waals surface area (Å²) < 4.78 is 27.0. The largest absolute Gasteiger partial charge is 0.329 e. The molecule has 134 valence electrons. The highest BCUT2D eigenvalue weighted by molar-refractivity contribution is 7.89. The molecule has 2 aliphatic rings. The Hall–Kier alpha value is -2.71. The summed E-state index contributed by atoms with van der Waals surface area (Å²) in [6.45, 7) is 0.218. The van der Waals surface area contributed by atoms with Gasteiger partial charge in [-0.2, -0.15) is 4.31 Å². The summed E-state index contributed by atoms with van der Waals surface area (Å²) in [7, 11) is -3.67. The van der Waals surface area contributed by atoms with E-state index in [2.05, 4.69) is 5.32 Å². The van der Waals surface area contributed by atoms with Gasteiger partial charge in [-0.15, -0.1) is 0 Å². The molecule has 2 saturated heterocycles. The number of hydrogen-bond acceptors (Lipinski definition) is 4. The van der Waals surface area contributed by atoms with Crippen molar-refractivity contribution in [1.29, 1.82) is 0 Å². The SMILES string of the molecule is O=C1CNC(=O)N1C1CN(S(=O)(=O)c2cccc(-c3ccccc3)c2)C1. The fourth-order valence-corrected chi connectivity index (χ4v) is 4.76. The highest BCUT2D eigenvalue weighted by Crippen LogP contribution is 2.28. The van der Waals surface area contributed by atoms with E-state index < -0.39 is 22.1 Å². The Kier molecular flexibility index (Phi) is 4.01. The standard InChI is InChI=1S/C18H17N3O4S/c22-17-10-19-18(23)21(17)15-11-20(12-15)26(24,25)16-8-4-7-14(9-16)13-5-2-1-3-6-13/h1-9,15H,10-12H2,(H,19,23). The molecular formula is C18H17N3O4S. The van der Waals surface area contributed by atoms with Gasteiger partial charge in [-0.05, 0) is 23.3 Å². The van der Waals surface area contributed by atoms with Crippen LogP contribution in [0.1, 0.15) is 0 Å². The lowest BCUT2D eigenvalue weighted by Crippen LogP contribution is -2.62. The van der Waals surface area contributed by atoms with E-state index in [1.165, 1.54) is 4.31 Å². The van der Waals surface area contributed by atoms with Crippen LogP contribution in [0.25, 0.3) is 11.1 Å². The number of hydrogen-bond donors (Lipinski definition) is 1. The van der Waals surface area contributed by atoms with Crippen LogP contribution in [-0.2, 0) is 14.8 Å². The van der Waals surface area contributed by atoms with E-state index >= 15 is 0 Å². The summed E-state index contributed by atoms with van der Waals surface area (Å²) in [6, 6.07) is 15.5. The van der Waals surface area contributed by atoms with Crippen LogP contribution in [-0.4, -0.2) is 55.2 Å². The first-order valence-electron chi connectivity index (χ1n) is 8.22. The van der Waals surface area contributed by atoms with Crippen LogP contribution in [0.2, 0.25) is 0 Å². The normalized spacial score (nSPS) is 18.7. The van der Waals surface area contributed by atoms with Crippen molar-refractivity contribution < 1.29 is 18.0 Å². The second-order valence-corrected chi connectivity index (χ2v) is 8.23. The van der Waals surface area contributed by atoms with Gasteiger partial charge >= 0.3 is 6.03 Å². The van der Waals surface area contributed by atoms with Gasteiger partial charge in [0.05, 0.1) is 17.5 Å². The number of nitrogens with zero attached hydrogens (tertiary/aromatic N) is 2. The molecule has 3 amide bonds. The fraction of sp³-hybridized carbons (Fsp3) is 0.222. The molecule has 0 unspecified atom stereocenters. The van der Waals surface area contributed by atoms with Crippen LogP contribution < -0.4 is 5.32 Å². The first kappa shape index (κ1) is 16.7. The Balaban J connectivity index is 1.53. The van der Waals surface area contributed by atoms with Crippen molar-refractivity contribution in [3.8, 4) is 11.1 Å². The molecule has 26 heavy (non-hydrogen) atoms. The van der Waals surface area contributed by atoms with Crippen LogP contribution in [0, 0.1) is 0 Å². The number of carbonyl (C=O) groups excluding carboxylic acids is 2. The summed E-state index contributed by atoms with van der Waals surface area (Å²) in [6.07, 6.45) is 0. The van der Waals surface area contributed by atoms with Gasteiger partial charge in [-0.25, -0.2) is 13.2 Å². The van der Waals surface area contributed by atoms with Gasteiger partial charge in [0.15, 0.2) is 0 Å². The Bertz CT molecular complexity index is 953. The van der Waals surface area contributed by atoms with Gasteiger partial charge in [0, 0.05) is 13.1 Å². The lowest BCUT2D eigenvalue weighted by molar-refractivity contribution is -0.128. The van der Waals surface area contributed by atoms with E-state index in [4.69, 9.17) is 0 Å². The fourth-order valence-electron chi connectivity index (χ4n) is 3.20. The molecule has 8 heteroatoms. The zero-order chi connectivity index (χ0) is 18.3. The minimum atomic E-state index is -3.67. The number of sulfonamides is 1. The van der Waals surface area contributed by atoms with Crippen molar-refractivity contribution in [2.45, 2.75) is 10.9 Å². The summed E-state index contributed by atoms with van der Waals surface area (Å²) in [5.74, 6) is -0.317. The molecule has 0 spiro atoms. The lowest BCUT2D eigenvalue weighted by atomic mass is 10.1.